The first-order valence-corrected chi connectivity index (χ1v) is 10.2. The molecule has 0 amide bonds. The van der Waals surface area contributed by atoms with E-state index in [9.17, 15) is 18.3 Å². The van der Waals surface area contributed by atoms with Gasteiger partial charge in [-0.15, -0.1) is 0 Å². The van der Waals surface area contributed by atoms with Crippen LogP contribution in [-0.2, 0) is 4.74 Å². The van der Waals surface area contributed by atoms with Crippen molar-refractivity contribution in [2.45, 2.75) is 44.4 Å². The van der Waals surface area contributed by atoms with Crippen LogP contribution in [0.4, 0.5) is 24.7 Å². The number of aromatic nitrogens is 2. The maximum Gasteiger partial charge on any atom is 0.422 e. The van der Waals surface area contributed by atoms with Crippen molar-refractivity contribution in [3.8, 4) is 5.75 Å². The summed E-state index contributed by atoms with van der Waals surface area (Å²) < 4.78 is 49.4. The summed E-state index contributed by atoms with van der Waals surface area (Å²) in [7, 11) is 0. The maximum absolute atomic E-state index is 12.9. The van der Waals surface area contributed by atoms with Crippen LogP contribution in [0.1, 0.15) is 55.2 Å². The topological polar surface area (TPSA) is 76.5 Å². The molecule has 6 nitrogen and oxygen atoms in total. The van der Waals surface area contributed by atoms with Crippen LogP contribution in [0.5, 0.6) is 5.75 Å². The standard InChI is InChI=1S/C22H24F3N3O3/c1-13(29)19-21(26-11-18(27-19)15-5-6-15)28-17-4-2-3-16(14-7-9-30-10-8-14)20(17)31-12-22(23,24)25/h2-4,7,11,13,15,29H,5-6,8-10,12H2,1H3,(H,26,28). The molecule has 1 aliphatic carbocycles. The number of anilines is 2. The molecule has 1 saturated carbocycles. The summed E-state index contributed by atoms with van der Waals surface area (Å²) in [6.07, 6.45) is 0.760. The fourth-order valence-electron chi connectivity index (χ4n) is 3.48. The Kier molecular flexibility index (Phi) is 6.15. The molecule has 1 aromatic heterocycles. The number of para-hydroxylation sites is 1. The SMILES string of the molecule is CC(O)c1nc(C2CC2)cnc1Nc1cccc(C2=CCOCC2)c1OCC(F)(F)F. The number of rotatable bonds is 7. The number of aliphatic hydroxyl groups excluding tert-OH is 1. The highest BCUT2D eigenvalue weighted by molar-refractivity contribution is 5.79. The minimum absolute atomic E-state index is 0.0811. The molecule has 0 spiro atoms. The van der Waals surface area contributed by atoms with Gasteiger partial charge in [-0.3, -0.25) is 0 Å². The predicted molar refractivity (Wildman–Crippen MR) is 109 cm³/mol. The van der Waals surface area contributed by atoms with Crippen LogP contribution in [0.3, 0.4) is 0 Å². The van der Waals surface area contributed by atoms with Crippen LogP contribution in [0.15, 0.2) is 30.5 Å². The van der Waals surface area contributed by atoms with E-state index in [-0.39, 0.29) is 11.6 Å². The number of benzene rings is 1. The average molecular weight is 435 g/mol. The molecule has 2 aliphatic rings. The number of nitrogens with one attached hydrogen (secondary N) is 1. The first-order valence-electron chi connectivity index (χ1n) is 10.2. The van der Waals surface area contributed by atoms with E-state index in [4.69, 9.17) is 9.47 Å². The van der Waals surface area contributed by atoms with E-state index < -0.39 is 18.9 Å². The summed E-state index contributed by atoms with van der Waals surface area (Å²) >= 11 is 0. The Bertz CT molecular complexity index is 972. The summed E-state index contributed by atoms with van der Waals surface area (Å²) in [5, 5.41) is 13.2. The Morgan fingerprint density at radius 3 is 2.77 bits per heavy atom. The second-order valence-corrected chi connectivity index (χ2v) is 7.74. The summed E-state index contributed by atoms with van der Waals surface area (Å²) in [5.74, 6) is 0.723. The molecule has 1 unspecified atom stereocenters. The van der Waals surface area contributed by atoms with Gasteiger partial charge in [-0.2, -0.15) is 13.2 Å². The van der Waals surface area contributed by atoms with Crippen molar-refractivity contribution in [3.63, 3.8) is 0 Å². The van der Waals surface area contributed by atoms with Crippen molar-refractivity contribution in [1.82, 2.24) is 9.97 Å². The molecule has 0 radical (unpaired) electrons. The largest absolute Gasteiger partial charge is 0.481 e. The summed E-state index contributed by atoms with van der Waals surface area (Å²) in [5.41, 5.74) is 2.92. The zero-order chi connectivity index (χ0) is 22.0. The van der Waals surface area contributed by atoms with Gasteiger partial charge in [-0.1, -0.05) is 18.2 Å². The molecule has 166 valence electrons. The van der Waals surface area contributed by atoms with E-state index in [1.54, 1.807) is 31.3 Å². The average Bonchev–Trinajstić information content (AvgIpc) is 3.58. The third-order valence-corrected chi connectivity index (χ3v) is 5.17. The van der Waals surface area contributed by atoms with Gasteiger partial charge in [0.05, 0.1) is 36.9 Å². The number of halogens is 3. The monoisotopic (exact) mass is 435 g/mol. The van der Waals surface area contributed by atoms with Crippen molar-refractivity contribution >= 4 is 17.1 Å². The van der Waals surface area contributed by atoms with Gasteiger partial charge >= 0.3 is 6.18 Å². The van der Waals surface area contributed by atoms with E-state index in [2.05, 4.69) is 15.3 Å². The lowest BCUT2D eigenvalue weighted by molar-refractivity contribution is -0.153. The summed E-state index contributed by atoms with van der Waals surface area (Å²) in [6, 6.07) is 5.09. The molecule has 2 aromatic rings. The lowest BCUT2D eigenvalue weighted by Gasteiger charge is -2.22. The second kappa shape index (κ2) is 8.84. The Morgan fingerprint density at radius 1 is 1.32 bits per heavy atom. The second-order valence-electron chi connectivity index (χ2n) is 7.74. The van der Waals surface area contributed by atoms with Crippen molar-refractivity contribution < 1.29 is 27.8 Å². The Morgan fingerprint density at radius 2 is 2.13 bits per heavy atom. The lowest BCUT2D eigenvalue weighted by Crippen LogP contribution is -2.20. The Hall–Kier alpha value is -2.65. The number of ether oxygens (including phenoxy) is 2. The molecule has 1 aromatic carbocycles. The smallest absolute Gasteiger partial charge is 0.422 e. The van der Waals surface area contributed by atoms with Crippen molar-refractivity contribution in [2.75, 3.05) is 25.1 Å². The van der Waals surface area contributed by atoms with Gasteiger partial charge in [0.2, 0.25) is 0 Å². The highest BCUT2D eigenvalue weighted by Crippen LogP contribution is 2.41. The van der Waals surface area contributed by atoms with Crippen LogP contribution in [-0.4, -0.2) is 41.1 Å². The highest BCUT2D eigenvalue weighted by atomic mass is 19.4. The first kappa shape index (κ1) is 21.6. The van der Waals surface area contributed by atoms with Crippen LogP contribution in [0.2, 0.25) is 0 Å². The lowest BCUT2D eigenvalue weighted by atomic mass is 9.99. The van der Waals surface area contributed by atoms with Gasteiger partial charge < -0.3 is 19.9 Å². The molecular weight excluding hydrogens is 411 g/mol. The van der Waals surface area contributed by atoms with E-state index in [0.717, 1.165) is 24.1 Å². The summed E-state index contributed by atoms with van der Waals surface area (Å²) in [4.78, 5) is 8.94. The zero-order valence-electron chi connectivity index (χ0n) is 17.1. The third kappa shape index (κ3) is 5.34. The fraction of sp³-hybridized carbons (Fsp3) is 0.455. The Labute approximate surface area is 178 Å². The van der Waals surface area contributed by atoms with E-state index >= 15 is 0 Å². The number of hydrogen-bond donors (Lipinski definition) is 2. The number of aliphatic hydroxyl groups is 1. The van der Waals surface area contributed by atoms with E-state index in [1.807, 2.05) is 6.08 Å². The molecule has 2 N–H and O–H groups in total. The summed E-state index contributed by atoms with van der Waals surface area (Å²) in [6.45, 7) is 1.04. The third-order valence-electron chi connectivity index (χ3n) is 5.17. The predicted octanol–water partition coefficient (Wildman–Crippen LogP) is 4.90. The minimum atomic E-state index is -4.48. The highest BCUT2D eigenvalue weighted by Gasteiger charge is 2.30. The van der Waals surface area contributed by atoms with Crippen LogP contribution < -0.4 is 10.1 Å². The molecule has 0 saturated heterocycles. The number of hydrogen-bond acceptors (Lipinski definition) is 6. The molecule has 2 heterocycles. The molecule has 9 heteroatoms. The van der Waals surface area contributed by atoms with Gasteiger partial charge in [0.15, 0.2) is 18.2 Å². The van der Waals surface area contributed by atoms with E-state index in [0.29, 0.717) is 42.5 Å². The maximum atomic E-state index is 12.9. The fourth-order valence-corrected chi connectivity index (χ4v) is 3.48. The van der Waals surface area contributed by atoms with Gasteiger partial charge in [-0.05, 0) is 37.8 Å². The van der Waals surface area contributed by atoms with Crippen molar-refractivity contribution in [3.05, 3.63) is 47.4 Å². The molecule has 1 atom stereocenters. The normalized spacial score (nSPS) is 17.8. The van der Waals surface area contributed by atoms with Crippen LogP contribution in [0.25, 0.3) is 5.57 Å². The van der Waals surface area contributed by atoms with Crippen LogP contribution in [0, 0.1) is 0 Å². The quantitative estimate of drug-likeness (QED) is 0.645. The minimum Gasteiger partial charge on any atom is -0.481 e. The first-order chi connectivity index (χ1) is 14.8. The Balaban J connectivity index is 1.71. The van der Waals surface area contributed by atoms with Gasteiger partial charge in [0, 0.05) is 11.5 Å². The molecule has 4 rings (SSSR count). The van der Waals surface area contributed by atoms with E-state index in [1.165, 1.54) is 0 Å². The van der Waals surface area contributed by atoms with Crippen LogP contribution >= 0.6 is 0 Å². The number of nitrogens with zero attached hydrogens (tertiary/aromatic N) is 2. The molecular formula is C22H24F3N3O3. The van der Waals surface area contributed by atoms with Gasteiger partial charge in [0.1, 0.15) is 5.69 Å². The zero-order valence-corrected chi connectivity index (χ0v) is 17.1. The molecule has 1 fully saturated rings. The number of alkyl halides is 3. The molecule has 31 heavy (non-hydrogen) atoms. The molecule has 1 aliphatic heterocycles. The van der Waals surface area contributed by atoms with Crippen molar-refractivity contribution in [1.29, 1.82) is 0 Å². The van der Waals surface area contributed by atoms with Crippen molar-refractivity contribution in [2.24, 2.45) is 0 Å². The van der Waals surface area contributed by atoms with Gasteiger partial charge in [0.25, 0.3) is 0 Å². The molecule has 0 bridgehead atoms. The van der Waals surface area contributed by atoms with Gasteiger partial charge in [-0.25, -0.2) is 9.97 Å².